The first-order valence-electron chi connectivity index (χ1n) is 13.5. The average molecular weight is 603 g/mol. The van der Waals surface area contributed by atoms with Gasteiger partial charge >= 0.3 is 5.97 Å². The van der Waals surface area contributed by atoms with Gasteiger partial charge in [0.25, 0.3) is 10.0 Å². The van der Waals surface area contributed by atoms with Gasteiger partial charge in [-0.1, -0.05) is 49.1 Å². The maximum absolute atomic E-state index is 14.4. The van der Waals surface area contributed by atoms with Gasteiger partial charge in [-0.3, -0.25) is 0 Å². The number of carbonyl (C=O) groups is 1. The topological polar surface area (TPSA) is 108 Å². The van der Waals surface area contributed by atoms with Crippen LogP contribution in [0.15, 0.2) is 51.9 Å². The molecule has 0 N–H and O–H groups in total. The molecule has 0 saturated heterocycles. The fraction of sp³-hybridized carbons (Fsp3) is 0.467. The SMILES string of the molecule is COC(=O)c1ccc(-c2ccccc2S(=O)(=O)N(COCC[Si](C)(C)C)c2onc(C)c2C)c(COC(C)(C)C)c1. The highest BCUT2D eigenvalue weighted by atomic mass is 32.2. The van der Waals surface area contributed by atoms with Crippen molar-refractivity contribution < 1.29 is 31.9 Å². The smallest absolute Gasteiger partial charge is 0.337 e. The van der Waals surface area contributed by atoms with Crippen molar-refractivity contribution in [2.75, 3.05) is 24.8 Å². The second kappa shape index (κ2) is 12.9. The van der Waals surface area contributed by atoms with E-state index in [-0.39, 0.29) is 24.1 Å². The number of esters is 1. The standard InChI is InChI=1S/C30H42N2O7SSi/c1-21-22(2)31-39-28(21)32(20-37-16-17-41(7,8)9)40(34,35)27-13-11-10-12-26(27)25-15-14-23(29(33)36-6)18-24(25)19-38-30(3,4)5/h10-15,18H,16-17,19-20H2,1-9H3. The molecule has 0 unspecified atom stereocenters. The Morgan fingerprint density at radius 2 is 1.73 bits per heavy atom. The Morgan fingerprint density at radius 1 is 1.05 bits per heavy atom. The van der Waals surface area contributed by atoms with Crippen LogP contribution in [0.1, 0.15) is 48.0 Å². The highest BCUT2D eigenvalue weighted by Crippen LogP contribution is 2.36. The lowest BCUT2D eigenvalue weighted by atomic mass is 9.97. The van der Waals surface area contributed by atoms with E-state index in [0.29, 0.717) is 40.1 Å². The summed E-state index contributed by atoms with van der Waals surface area (Å²) in [5, 5.41) is 4.00. The van der Waals surface area contributed by atoms with Crippen molar-refractivity contribution in [3.63, 3.8) is 0 Å². The minimum atomic E-state index is -4.20. The van der Waals surface area contributed by atoms with Crippen molar-refractivity contribution in [3.8, 4) is 11.1 Å². The zero-order valence-electron chi connectivity index (χ0n) is 25.5. The number of sulfonamides is 1. The van der Waals surface area contributed by atoms with Crippen LogP contribution < -0.4 is 4.31 Å². The lowest BCUT2D eigenvalue weighted by Crippen LogP contribution is -2.34. The van der Waals surface area contributed by atoms with E-state index in [4.69, 9.17) is 18.7 Å². The van der Waals surface area contributed by atoms with Crippen LogP contribution in [0, 0.1) is 13.8 Å². The van der Waals surface area contributed by atoms with Gasteiger partial charge in [0.2, 0.25) is 5.88 Å². The number of ether oxygens (including phenoxy) is 3. The molecule has 0 amide bonds. The summed E-state index contributed by atoms with van der Waals surface area (Å²) < 4.78 is 52.3. The summed E-state index contributed by atoms with van der Waals surface area (Å²) in [5.41, 5.74) is 2.81. The number of aromatic nitrogens is 1. The minimum Gasteiger partial charge on any atom is -0.465 e. The summed E-state index contributed by atoms with van der Waals surface area (Å²) in [6.45, 7) is 16.4. The van der Waals surface area contributed by atoms with Crippen LogP contribution in [0.2, 0.25) is 25.7 Å². The van der Waals surface area contributed by atoms with Gasteiger partial charge in [-0.05, 0) is 70.0 Å². The van der Waals surface area contributed by atoms with Crippen molar-refractivity contribution in [1.29, 1.82) is 0 Å². The van der Waals surface area contributed by atoms with Gasteiger partial charge in [-0.25, -0.2) is 17.5 Å². The predicted molar refractivity (Wildman–Crippen MR) is 162 cm³/mol. The maximum atomic E-state index is 14.4. The van der Waals surface area contributed by atoms with Gasteiger partial charge in [-0.2, -0.15) is 0 Å². The Kier molecular flexibility index (Phi) is 10.2. The molecule has 0 aliphatic carbocycles. The van der Waals surface area contributed by atoms with Gasteiger partial charge in [0, 0.05) is 25.8 Å². The Labute approximate surface area is 244 Å². The van der Waals surface area contributed by atoms with Crippen LogP contribution in [0.3, 0.4) is 0 Å². The normalized spacial score (nSPS) is 12.4. The van der Waals surface area contributed by atoms with Crippen molar-refractivity contribution in [1.82, 2.24) is 5.16 Å². The number of carbonyl (C=O) groups excluding carboxylic acids is 1. The monoisotopic (exact) mass is 602 g/mol. The summed E-state index contributed by atoms with van der Waals surface area (Å²) in [6.07, 6.45) is 0. The molecule has 0 aliphatic heterocycles. The molecule has 3 aromatic rings. The first kappa shape index (κ1) is 32.5. The fourth-order valence-electron chi connectivity index (χ4n) is 3.95. The molecule has 1 aromatic heterocycles. The van der Waals surface area contributed by atoms with Crippen LogP contribution in [-0.2, 0) is 30.8 Å². The number of hydrogen-bond acceptors (Lipinski definition) is 8. The maximum Gasteiger partial charge on any atom is 0.337 e. The van der Waals surface area contributed by atoms with Crippen LogP contribution in [0.4, 0.5) is 5.88 Å². The van der Waals surface area contributed by atoms with E-state index in [0.717, 1.165) is 10.3 Å². The van der Waals surface area contributed by atoms with E-state index in [2.05, 4.69) is 24.8 Å². The minimum absolute atomic E-state index is 0.0603. The number of nitrogens with zero attached hydrogens (tertiary/aromatic N) is 2. The van der Waals surface area contributed by atoms with Gasteiger partial charge < -0.3 is 18.7 Å². The summed E-state index contributed by atoms with van der Waals surface area (Å²) in [6, 6.07) is 12.6. The zero-order chi connectivity index (χ0) is 30.6. The highest BCUT2D eigenvalue weighted by molar-refractivity contribution is 7.93. The van der Waals surface area contributed by atoms with Crippen molar-refractivity contribution in [2.24, 2.45) is 0 Å². The average Bonchev–Trinajstić information content (AvgIpc) is 3.23. The molecule has 3 rings (SSSR count). The van der Waals surface area contributed by atoms with E-state index in [1.165, 1.54) is 7.11 Å². The first-order chi connectivity index (χ1) is 19.0. The Bertz CT molecular complexity index is 1470. The molecule has 41 heavy (non-hydrogen) atoms. The fourth-order valence-corrected chi connectivity index (χ4v) is 6.25. The molecule has 0 fully saturated rings. The number of rotatable bonds is 12. The molecule has 0 saturated carbocycles. The lowest BCUT2D eigenvalue weighted by molar-refractivity contribution is -0.0147. The Morgan fingerprint density at radius 3 is 2.32 bits per heavy atom. The molecule has 0 aliphatic rings. The third-order valence-corrected chi connectivity index (χ3v) is 9.96. The van der Waals surface area contributed by atoms with Crippen molar-refractivity contribution in [2.45, 2.75) is 77.4 Å². The number of benzene rings is 2. The van der Waals surface area contributed by atoms with E-state index < -0.39 is 29.7 Å². The molecule has 0 radical (unpaired) electrons. The van der Waals surface area contributed by atoms with E-state index in [1.807, 2.05) is 20.8 Å². The molecular weight excluding hydrogens is 560 g/mol. The van der Waals surface area contributed by atoms with Crippen molar-refractivity contribution in [3.05, 3.63) is 64.8 Å². The molecule has 0 spiro atoms. The quantitative estimate of drug-likeness (QED) is 0.0992. The van der Waals surface area contributed by atoms with Crippen LogP contribution >= 0.6 is 0 Å². The van der Waals surface area contributed by atoms with Gasteiger partial charge in [0.1, 0.15) is 6.73 Å². The third kappa shape index (κ3) is 8.28. The van der Waals surface area contributed by atoms with Crippen LogP contribution in [0.5, 0.6) is 0 Å². The van der Waals surface area contributed by atoms with Gasteiger partial charge in [-0.15, -0.1) is 0 Å². The molecule has 0 atom stereocenters. The molecule has 11 heteroatoms. The van der Waals surface area contributed by atoms with Gasteiger partial charge in [0.15, 0.2) is 0 Å². The van der Waals surface area contributed by atoms with E-state index in [9.17, 15) is 13.2 Å². The molecular formula is C30H42N2O7SSi. The third-order valence-electron chi connectivity index (χ3n) is 6.50. The zero-order valence-corrected chi connectivity index (χ0v) is 27.3. The second-order valence-corrected chi connectivity index (χ2v) is 19.6. The summed E-state index contributed by atoms with van der Waals surface area (Å²) in [7, 11) is -4.27. The molecule has 224 valence electrons. The Hall–Kier alpha value is -2.99. The van der Waals surface area contributed by atoms with E-state index in [1.54, 1.807) is 56.3 Å². The molecule has 0 bridgehead atoms. The molecule has 1 heterocycles. The number of anilines is 1. The molecule has 9 nitrogen and oxygen atoms in total. The Balaban J connectivity index is 2.13. The molecule has 2 aromatic carbocycles. The first-order valence-corrected chi connectivity index (χ1v) is 18.7. The summed E-state index contributed by atoms with van der Waals surface area (Å²) >= 11 is 0. The van der Waals surface area contributed by atoms with Crippen LogP contribution in [-0.4, -0.2) is 53.7 Å². The van der Waals surface area contributed by atoms with E-state index >= 15 is 0 Å². The summed E-state index contributed by atoms with van der Waals surface area (Å²) in [4.78, 5) is 12.4. The second-order valence-electron chi connectivity index (χ2n) is 12.2. The van der Waals surface area contributed by atoms with Crippen LogP contribution in [0.25, 0.3) is 11.1 Å². The number of methoxy groups -OCH3 is 1. The van der Waals surface area contributed by atoms with Crippen molar-refractivity contribution >= 4 is 30.0 Å². The number of hydrogen-bond donors (Lipinski definition) is 0. The van der Waals surface area contributed by atoms with Gasteiger partial charge in [0.05, 0.1) is 35.5 Å². The summed E-state index contributed by atoms with van der Waals surface area (Å²) in [5.74, 6) is -0.380. The highest BCUT2D eigenvalue weighted by Gasteiger charge is 2.33. The number of aryl methyl sites for hydroxylation is 1. The predicted octanol–water partition coefficient (Wildman–Crippen LogP) is 6.57. The largest absolute Gasteiger partial charge is 0.465 e. The lowest BCUT2D eigenvalue weighted by Gasteiger charge is -2.25.